The third kappa shape index (κ3) is 7.53. The van der Waals surface area contributed by atoms with Crippen molar-refractivity contribution in [1.29, 1.82) is 0 Å². The zero-order valence-electron chi connectivity index (χ0n) is 19.7. The summed E-state index contributed by atoms with van der Waals surface area (Å²) in [6, 6.07) is 18.8. The van der Waals surface area contributed by atoms with Gasteiger partial charge in [0.1, 0.15) is 18.2 Å². The molecule has 1 unspecified atom stereocenters. The molecule has 7 nitrogen and oxygen atoms in total. The maximum absolute atomic E-state index is 13.6. The van der Waals surface area contributed by atoms with Crippen LogP contribution in [0, 0.1) is 11.6 Å². The molecule has 0 fully saturated rings. The number of benzene rings is 3. The smallest absolute Gasteiger partial charge is 0.246 e. The molecule has 0 aliphatic carbocycles. The molecule has 3 N–H and O–H groups in total. The van der Waals surface area contributed by atoms with Crippen LogP contribution in [0.15, 0.2) is 78.9 Å². The third-order valence-corrected chi connectivity index (χ3v) is 5.44. The van der Waals surface area contributed by atoms with Crippen molar-refractivity contribution in [3.05, 3.63) is 102 Å². The van der Waals surface area contributed by atoms with Gasteiger partial charge in [0.05, 0.1) is 25.1 Å². The fourth-order valence-corrected chi connectivity index (χ4v) is 3.66. The number of carbonyl (C=O) groups is 3. The lowest BCUT2D eigenvalue weighted by atomic mass is 10.1. The SMILES string of the molecule is C[C@H](NC(CO)c1ccccc1)C(=O)NC(=O)CN(C(=O)Cc1cc(F)cc(F)c1)c1ccccc1. The second-order valence-electron chi connectivity index (χ2n) is 8.22. The lowest BCUT2D eigenvalue weighted by molar-refractivity contribution is -0.132. The number of hydrogen-bond donors (Lipinski definition) is 3. The molecule has 0 spiro atoms. The van der Waals surface area contributed by atoms with Gasteiger partial charge in [0.2, 0.25) is 17.7 Å². The molecule has 0 aromatic heterocycles. The number of nitrogens with zero attached hydrogens (tertiary/aromatic N) is 1. The van der Waals surface area contributed by atoms with Crippen molar-refractivity contribution in [2.45, 2.75) is 25.4 Å². The largest absolute Gasteiger partial charge is 0.394 e. The maximum atomic E-state index is 13.6. The Morgan fingerprint density at radius 2 is 1.50 bits per heavy atom. The Hall–Kier alpha value is -3.95. The zero-order chi connectivity index (χ0) is 26.1. The average molecular weight is 496 g/mol. The van der Waals surface area contributed by atoms with E-state index in [1.165, 1.54) is 0 Å². The molecule has 0 radical (unpaired) electrons. The van der Waals surface area contributed by atoms with Crippen LogP contribution >= 0.6 is 0 Å². The Morgan fingerprint density at radius 3 is 2.08 bits per heavy atom. The number of imide groups is 1. The minimum Gasteiger partial charge on any atom is -0.394 e. The average Bonchev–Trinajstić information content (AvgIpc) is 2.86. The van der Waals surface area contributed by atoms with E-state index in [-0.39, 0.29) is 18.6 Å². The summed E-state index contributed by atoms with van der Waals surface area (Å²) in [5.74, 6) is -3.58. The molecule has 36 heavy (non-hydrogen) atoms. The van der Waals surface area contributed by atoms with Crippen LogP contribution in [-0.2, 0) is 20.8 Å². The number of aliphatic hydroxyl groups excluding tert-OH is 1. The van der Waals surface area contributed by atoms with Crippen molar-refractivity contribution in [2.24, 2.45) is 0 Å². The molecule has 0 saturated carbocycles. The molecule has 0 aliphatic rings. The predicted molar refractivity (Wildman–Crippen MR) is 131 cm³/mol. The zero-order valence-corrected chi connectivity index (χ0v) is 19.7. The number of para-hydroxylation sites is 1. The van der Waals surface area contributed by atoms with E-state index in [1.54, 1.807) is 61.5 Å². The second kappa shape index (κ2) is 12.7. The van der Waals surface area contributed by atoms with E-state index in [0.717, 1.165) is 22.6 Å². The number of halogens is 2. The van der Waals surface area contributed by atoms with Crippen molar-refractivity contribution in [2.75, 3.05) is 18.1 Å². The number of aliphatic hydroxyl groups is 1. The monoisotopic (exact) mass is 495 g/mol. The first-order chi connectivity index (χ1) is 17.3. The fraction of sp³-hybridized carbons (Fsp3) is 0.222. The van der Waals surface area contributed by atoms with Gasteiger partial charge in [-0.25, -0.2) is 8.78 Å². The molecule has 3 rings (SSSR count). The highest BCUT2D eigenvalue weighted by Crippen LogP contribution is 2.17. The molecule has 3 amide bonds. The summed E-state index contributed by atoms with van der Waals surface area (Å²) in [5.41, 5.74) is 1.28. The molecule has 9 heteroatoms. The minimum atomic E-state index is -0.831. The minimum absolute atomic E-state index is 0.115. The van der Waals surface area contributed by atoms with Gasteiger partial charge in [-0.1, -0.05) is 48.5 Å². The van der Waals surface area contributed by atoms with Gasteiger partial charge < -0.3 is 10.0 Å². The van der Waals surface area contributed by atoms with E-state index in [9.17, 15) is 28.3 Å². The van der Waals surface area contributed by atoms with Gasteiger partial charge in [0.15, 0.2) is 0 Å². The number of amides is 3. The highest BCUT2D eigenvalue weighted by atomic mass is 19.1. The van der Waals surface area contributed by atoms with E-state index in [0.29, 0.717) is 11.8 Å². The molecule has 0 heterocycles. The van der Waals surface area contributed by atoms with Crippen molar-refractivity contribution in [3.8, 4) is 0 Å². The number of carbonyl (C=O) groups excluding carboxylic acids is 3. The highest BCUT2D eigenvalue weighted by Gasteiger charge is 2.24. The Morgan fingerprint density at radius 1 is 0.917 bits per heavy atom. The van der Waals surface area contributed by atoms with Gasteiger partial charge in [0.25, 0.3) is 0 Å². The molecule has 188 valence electrons. The lowest BCUT2D eigenvalue weighted by Gasteiger charge is -2.24. The van der Waals surface area contributed by atoms with Gasteiger partial charge in [-0.2, -0.15) is 0 Å². The van der Waals surface area contributed by atoms with Gasteiger partial charge in [-0.3, -0.25) is 25.0 Å². The van der Waals surface area contributed by atoms with Crippen LogP contribution in [0.1, 0.15) is 24.1 Å². The number of hydrogen-bond acceptors (Lipinski definition) is 5. The van der Waals surface area contributed by atoms with Crippen molar-refractivity contribution >= 4 is 23.4 Å². The Labute approximate surface area is 207 Å². The van der Waals surface area contributed by atoms with Crippen LogP contribution in [-0.4, -0.2) is 42.0 Å². The fourth-order valence-electron chi connectivity index (χ4n) is 3.66. The van der Waals surface area contributed by atoms with Crippen molar-refractivity contribution < 1.29 is 28.3 Å². The van der Waals surface area contributed by atoms with Crippen molar-refractivity contribution in [1.82, 2.24) is 10.6 Å². The van der Waals surface area contributed by atoms with Crippen LogP contribution < -0.4 is 15.5 Å². The second-order valence-corrected chi connectivity index (χ2v) is 8.22. The predicted octanol–water partition coefficient (Wildman–Crippen LogP) is 2.90. The molecule has 0 aliphatic heterocycles. The van der Waals surface area contributed by atoms with Gasteiger partial charge in [-0.05, 0) is 42.3 Å². The number of rotatable bonds is 10. The normalized spacial score (nSPS) is 12.4. The Bertz CT molecular complexity index is 1170. The van der Waals surface area contributed by atoms with E-state index in [1.807, 2.05) is 6.07 Å². The van der Waals surface area contributed by atoms with Crippen molar-refractivity contribution in [3.63, 3.8) is 0 Å². The van der Waals surface area contributed by atoms with Crippen LogP contribution in [0.2, 0.25) is 0 Å². The lowest BCUT2D eigenvalue weighted by Crippen LogP contribution is -2.49. The first kappa shape index (κ1) is 26.7. The first-order valence-electron chi connectivity index (χ1n) is 11.3. The third-order valence-electron chi connectivity index (χ3n) is 5.44. The molecular weight excluding hydrogens is 468 g/mol. The molecular formula is C27H27F2N3O4. The van der Waals surface area contributed by atoms with Gasteiger partial charge in [0, 0.05) is 11.8 Å². The van der Waals surface area contributed by atoms with Crippen LogP contribution in [0.5, 0.6) is 0 Å². The maximum Gasteiger partial charge on any atom is 0.246 e. The summed E-state index contributed by atoms with van der Waals surface area (Å²) >= 11 is 0. The summed E-state index contributed by atoms with van der Waals surface area (Å²) < 4.78 is 27.1. The van der Waals surface area contributed by atoms with E-state index in [2.05, 4.69) is 10.6 Å². The van der Waals surface area contributed by atoms with Crippen LogP contribution in [0.4, 0.5) is 14.5 Å². The summed E-state index contributed by atoms with van der Waals surface area (Å²) in [6.45, 7) is 0.806. The van der Waals surface area contributed by atoms with Crippen LogP contribution in [0.3, 0.4) is 0 Å². The quantitative estimate of drug-likeness (QED) is 0.402. The molecule has 3 aromatic rings. The summed E-state index contributed by atoms with van der Waals surface area (Å²) in [4.78, 5) is 39.5. The van der Waals surface area contributed by atoms with Gasteiger partial charge in [-0.15, -0.1) is 0 Å². The summed E-state index contributed by atoms with van der Waals surface area (Å²) in [7, 11) is 0. The first-order valence-corrected chi connectivity index (χ1v) is 11.3. The van der Waals surface area contributed by atoms with E-state index >= 15 is 0 Å². The Kier molecular flexibility index (Phi) is 9.38. The van der Waals surface area contributed by atoms with E-state index < -0.39 is 48.0 Å². The standard InChI is InChI=1S/C27H27F2N3O4/c1-18(30-24(17-33)20-8-4-2-5-9-20)27(36)31-25(34)16-32(23-10-6-3-7-11-23)26(35)14-19-12-21(28)15-22(29)13-19/h2-13,15,18,24,30,33H,14,16-17H2,1H3,(H,31,34,36)/t18-,24?/m0/s1. The number of nitrogens with one attached hydrogen (secondary N) is 2. The molecule has 0 bridgehead atoms. The summed E-state index contributed by atoms with van der Waals surface area (Å²) in [5, 5.41) is 14.9. The molecule has 2 atom stereocenters. The topological polar surface area (TPSA) is 98.7 Å². The number of anilines is 1. The summed E-state index contributed by atoms with van der Waals surface area (Å²) in [6.07, 6.45) is -0.349. The van der Waals surface area contributed by atoms with Gasteiger partial charge >= 0.3 is 0 Å². The molecule has 0 saturated heterocycles. The Balaban J connectivity index is 1.67. The molecule has 3 aromatic carbocycles. The van der Waals surface area contributed by atoms with Crippen LogP contribution in [0.25, 0.3) is 0 Å². The van der Waals surface area contributed by atoms with E-state index in [4.69, 9.17) is 0 Å². The highest BCUT2D eigenvalue weighted by molar-refractivity contribution is 6.04.